The summed E-state index contributed by atoms with van der Waals surface area (Å²) in [6.45, 7) is 1.21. The molecule has 26 heavy (non-hydrogen) atoms. The highest BCUT2D eigenvalue weighted by Gasteiger charge is 2.26. The summed E-state index contributed by atoms with van der Waals surface area (Å²) in [6, 6.07) is 17.3. The van der Waals surface area contributed by atoms with E-state index in [0.29, 0.717) is 25.9 Å². The van der Waals surface area contributed by atoms with Crippen molar-refractivity contribution in [1.82, 2.24) is 4.90 Å². The Bertz CT molecular complexity index is 797. The molecule has 0 aliphatic carbocycles. The first-order chi connectivity index (χ1) is 12.6. The van der Waals surface area contributed by atoms with E-state index >= 15 is 0 Å². The number of halogens is 1. The lowest BCUT2D eigenvalue weighted by atomic mass is 9.95. The Kier molecular flexibility index (Phi) is 6.23. The number of benzene rings is 2. The van der Waals surface area contributed by atoms with Crippen LogP contribution in [0.3, 0.4) is 0 Å². The number of likely N-dealkylation sites (tertiary alicyclic amines) is 1. The summed E-state index contributed by atoms with van der Waals surface area (Å²) in [5.74, 6) is -0.0494. The second kappa shape index (κ2) is 8.81. The first kappa shape index (κ1) is 18.4. The van der Waals surface area contributed by atoms with Crippen LogP contribution in [0.2, 0.25) is 0 Å². The molecule has 0 spiro atoms. The molecule has 0 unspecified atom stereocenters. The van der Waals surface area contributed by atoms with Gasteiger partial charge in [0.25, 0.3) is 0 Å². The average Bonchev–Trinajstić information content (AvgIpc) is 2.69. The molecule has 1 aliphatic heterocycles. The summed E-state index contributed by atoms with van der Waals surface area (Å²) >= 11 is 3.44. The van der Waals surface area contributed by atoms with Gasteiger partial charge in [-0.05, 0) is 52.5 Å². The smallest absolute Gasteiger partial charge is 0.246 e. The van der Waals surface area contributed by atoms with Crippen LogP contribution < -0.4 is 5.32 Å². The quantitative estimate of drug-likeness (QED) is 0.759. The SMILES string of the molecule is O=C(Nc1ccccc1Br)C1CCN(C(=O)C=Cc2ccccc2)CC1. The van der Waals surface area contributed by atoms with Crippen LogP contribution >= 0.6 is 15.9 Å². The van der Waals surface area contributed by atoms with Crippen molar-refractivity contribution in [2.24, 2.45) is 5.92 Å². The number of amides is 2. The van der Waals surface area contributed by atoms with Crippen LogP contribution in [-0.2, 0) is 9.59 Å². The standard InChI is InChI=1S/C21H21BrN2O2/c22-18-8-4-5-9-19(18)23-21(26)17-12-14-24(15-13-17)20(25)11-10-16-6-2-1-3-7-16/h1-11,17H,12-15H2,(H,23,26). The number of anilines is 1. The second-order valence-corrected chi connectivity index (χ2v) is 7.17. The molecule has 0 atom stereocenters. The first-order valence-electron chi connectivity index (χ1n) is 8.71. The molecule has 0 bridgehead atoms. The van der Waals surface area contributed by atoms with Gasteiger partial charge in [-0.15, -0.1) is 0 Å². The van der Waals surface area contributed by atoms with Gasteiger partial charge < -0.3 is 10.2 Å². The minimum absolute atomic E-state index is 0.00137. The van der Waals surface area contributed by atoms with Gasteiger partial charge in [-0.25, -0.2) is 0 Å². The lowest BCUT2D eigenvalue weighted by Gasteiger charge is -2.30. The van der Waals surface area contributed by atoms with Crippen molar-refractivity contribution < 1.29 is 9.59 Å². The molecular weight excluding hydrogens is 392 g/mol. The molecule has 1 fully saturated rings. The lowest BCUT2D eigenvalue weighted by Crippen LogP contribution is -2.40. The van der Waals surface area contributed by atoms with Gasteiger partial charge in [0, 0.05) is 29.6 Å². The van der Waals surface area contributed by atoms with E-state index in [-0.39, 0.29) is 17.7 Å². The van der Waals surface area contributed by atoms with Crippen LogP contribution in [0.1, 0.15) is 18.4 Å². The molecule has 134 valence electrons. The maximum atomic E-state index is 12.5. The Morgan fingerprint density at radius 3 is 2.35 bits per heavy atom. The monoisotopic (exact) mass is 412 g/mol. The Balaban J connectivity index is 1.50. The van der Waals surface area contributed by atoms with E-state index < -0.39 is 0 Å². The number of hydrogen-bond acceptors (Lipinski definition) is 2. The highest BCUT2D eigenvalue weighted by molar-refractivity contribution is 9.10. The number of rotatable bonds is 4. The molecule has 1 saturated heterocycles. The topological polar surface area (TPSA) is 49.4 Å². The van der Waals surface area contributed by atoms with Gasteiger partial charge in [-0.3, -0.25) is 9.59 Å². The van der Waals surface area contributed by atoms with Crippen LogP contribution in [0.25, 0.3) is 6.08 Å². The van der Waals surface area contributed by atoms with E-state index in [1.54, 1.807) is 6.08 Å². The molecule has 2 aromatic rings. The normalized spacial score (nSPS) is 15.2. The number of para-hydroxylation sites is 1. The van der Waals surface area contributed by atoms with E-state index in [1.165, 1.54) is 0 Å². The van der Waals surface area contributed by atoms with Crippen molar-refractivity contribution in [3.63, 3.8) is 0 Å². The summed E-state index contributed by atoms with van der Waals surface area (Å²) in [5, 5.41) is 2.97. The highest BCUT2D eigenvalue weighted by Crippen LogP contribution is 2.24. The van der Waals surface area contributed by atoms with Crippen molar-refractivity contribution in [3.05, 3.63) is 70.7 Å². The predicted molar refractivity (Wildman–Crippen MR) is 108 cm³/mol. The molecule has 3 rings (SSSR count). The molecule has 4 nitrogen and oxygen atoms in total. The third-order valence-electron chi connectivity index (χ3n) is 4.53. The van der Waals surface area contributed by atoms with Crippen molar-refractivity contribution in [1.29, 1.82) is 0 Å². The maximum absolute atomic E-state index is 12.5. The number of hydrogen-bond donors (Lipinski definition) is 1. The van der Waals surface area contributed by atoms with Crippen molar-refractivity contribution in [2.45, 2.75) is 12.8 Å². The molecular formula is C21H21BrN2O2. The number of nitrogens with one attached hydrogen (secondary N) is 1. The Morgan fingerprint density at radius 1 is 1.00 bits per heavy atom. The molecule has 2 amide bonds. The van der Waals surface area contributed by atoms with Crippen LogP contribution in [0.15, 0.2) is 65.1 Å². The number of piperidine rings is 1. The molecule has 0 saturated carbocycles. The minimum atomic E-state index is -0.0655. The summed E-state index contributed by atoms with van der Waals surface area (Å²) in [7, 11) is 0. The summed E-state index contributed by atoms with van der Waals surface area (Å²) in [6.07, 6.45) is 4.80. The maximum Gasteiger partial charge on any atom is 0.246 e. The average molecular weight is 413 g/mol. The molecule has 1 heterocycles. The Hall–Kier alpha value is -2.40. The van der Waals surface area contributed by atoms with Crippen molar-refractivity contribution in [3.8, 4) is 0 Å². The van der Waals surface area contributed by atoms with Crippen molar-refractivity contribution in [2.75, 3.05) is 18.4 Å². The first-order valence-corrected chi connectivity index (χ1v) is 9.50. The van der Waals surface area contributed by atoms with Crippen LogP contribution in [0.5, 0.6) is 0 Å². The van der Waals surface area contributed by atoms with Gasteiger partial charge in [0.2, 0.25) is 11.8 Å². The molecule has 0 radical (unpaired) electrons. The molecule has 0 aromatic heterocycles. The Labute approximate surface area is 162 Å². The second-order valence-electron chi connectivity index (χ2n) is 6.31. The number of carbonyl (C=O) groups excluding carboxylic acids is 2. The zero-order valence-corrected chi connectivity index (χ0v) is 16.0. The van der Waals surface area contributed by atoms with Crippen LogP contribution in [-0.4, -0.2) is 29.8 Å². The van der Waals surface area contributed by atoms with Crippen LogP contribution in [0.4, 0.5) is 5.69 Å². The summed E-state index contributed by atoms with van der Waals surface area (Å²) in [4.78, 5) is 26.6. The van der Waals surface area contributed by atoms with E-state index in [2.05, 4.69) is 21.2 Å². The third kappa shape index (κ3) is 4.82. The largest absolute Gasteiger partial charge is 0.339 e. The molecule has 2 aromatic carbocycles. The molecule has 1 N–H and O–H groups in total. The molecule has 1 aliphatic rings. The minimum Gasteiger partial charge on any atom is -0.339 e. The van der Waals surface area contributed by atoms with Gasteiger partial charge in [0.05, 0.1) is 5.69 Å². The Morgan fingerprint density at radius 2 is 1.65 bits per heavy atom. The zero-order valence-electron chi connectivity index (χ0n) is 14.4. The van der Waals surface area contributed by atoms with Crippen molar-refractivity contribution >= 4 is 39.5 Å². The predicted octanol–water partition coefficient (Wildman–Crippen LogP) is 4.34. The fourth-order valence-corrected chi connectivity index (χ4v) is 3.38. The molecule has 5 heteroatoms. The van der Waals surface area contributed by atoms with Gasteiger partial charge in [-0.1, -0.05) is 42.5 Å². The number of carbonyl (C=O) groups is 2. The van der Waals surface area contributed by atoms with E-state index in [4.69, 9.17) is 0 Å². The van der Waals surface area contributed by atoms with Gasteiger partial charge in [0.15, 0.2) is 0 Å². The summed E-state index contributed by atoms with van der Waals surface area (Å²) < 4.78 is 0.868. The fourth-order valence-electron chi connectivity index (χ4n) is 3.00. The van der Waals surface area contributed by atoms with E-state index in [9.17, 15) is 9.59 Å². The van der Waals surface area contributed by atoms with E-state index in [1.807, 2.05) is 65.6 Å². The van der Waals surface area contributed by atoms with Gasteiger partial charge >= 0.3 is 0 Å². The summed E-state index contributed by atoms with van der Waals surface area (Å²) in [5.41, 5.74) is 1.78. The van der Waals surface area contributed by atoms with Gasteiger partial charge in [-0.2, -0.15) is 0 Å². The third-order valence-corrected chi connectivity index (χ3v) is 5.22. The zero-order chi connectivity index (χ0) is 18.4. The van der Waals surface area contributed by atoms with Crippen LogP contribution in [0, 0.1) is 5.92 Å². The highest BCUT2D eigenvalue weighted by atomic mass is 79.9. The van der Waals surface area contributed by atoms with E-state index in [0.717, 1.165) is 15.7 Å². The number of nitrogens with zero attached hydrogens (tertiary/aromatic N) is 1. The lowest BCUT2D eigenvalue weighted by molar-refractivity contribution is -0.130. The fraction of sp³-hybridized carbons (Fsp3) is 0.238. The van der Waals surface area contributed by atoms with Gasteiger partial charge in [0.1, 0.15) is 0 Å².